The molecule has 6 nitrogen and oxygen atoms in total. The predicted octanol–water partition coefficient (Wildman–Crippen LogP) is 3.13. The summed E-state index contributed by atoms with van der Waals surface area (Å²) in [5, 5.41) is 5.25. The van der Waals surface area contributed by atoms with Crippen LogP contribution >= 0.6 is 0 Å². The van der Waals surface area contributed by atoms with Gasteiger partial charge in [-0.3, -0.25) is 9.78 Å². The van der Waals surface area contributed by atoms with Gasteiger partial charge in [0, 0.05) is 12.3 Å². The zero-order valence-electron chi connectivity index (χ0n) is 13.8. The maximum atomic E-state index is 13.8. The molecule has 8 heteroatoms. The molecule has 1 aromatic carbocycles. The van der Waals surface area contributed by atoms with Crippen LogP contribution in [0.25, 0.3) is 0 Å². The Bertz CT molecular complexity index is 914. The van der Waals surface area contributed by atoms with Crippen LogP contribution in [0.2, 0.25) is 0 Å². The van der Waals surface area contributed by atoms with Crippen LogP contribution in [0.1, 0.15) is 22.0 Å². The van der Waals surface area contributed by atoms with Gasteiger partial charge in [-0.05, 0) is 31.2 Å². The van der Waals surface area contributed by atoms with Crippen molar-refractivity contribution in [1.82, 2.24) is 20.3 Å². The van der Waals surface area contributed by atoms with Crippen LogP contribution in [-0.2, 0) is 6.54 Å². The summed E-state index contributed by atoms with van der Waals surface area (Å²) >= 11 is 0. The maximum absolute atomic E-state index is 13.8. The number of rotatable bonds is 5. The van der Waals surface area contributed by atoms with Gasteiger partial charge in [-0.15, -0.1) is 0 Å². The first-order valence-electron chi connectivity index (χ1n) is 7.78. The minimum atomic E-state index is -0.762. The smallest absolute Gasteiger partial charge is 0.270 e. The molecule has 0 saturated heterocycles. The van der Waals surface area contributed by atoms with Crippen molar-refractivity contribution in [1.29, 1.82) is 0 Å². The summed E-state index contributed by atoms with van der Waals surface area (Å²) in [6, 6.07) is 10.2. The van der Waals surface area contributed by atoms with E-state index in [0.29, 0.717) is 5.69 Å². The zero-order valence-corrected chi connectivity index (χ0v) is 13.8. The van der Waals surface area contributed by atoms with Gasteiger partial charge >= 0.3 is 0 Å². The summed E-state index contributed by atoms with van der Waals surface area (Å²) in [5.74, 6) is -1.57. The number of nitrogens with one attached hydrogen (secondary N) is 2. The highest BCUT2D eigenvalue weighted by Crippen LogP contribution is 2.22. The van der Waals surface area contributed by atoms with Crippen LogP contribution in [0.3, 0.4) is 0 Å². The molecule has 0 aliphatic rings. The molecule has 2 aromatic heterocycles. The fourth-order valence-electron chi connectivity index (χ4n) is 2.26. The summed E-state index contributed by atoms with van der Waals surface area (Å²) in [7, 11) is 0. The van der Waals surface area contributed by atoms with Crippen molar-refractivity contribution in [2.24, 2.45) is 0 Å². The van der Waals surface area contributed by atoms with Crippen molar-refractivity contribution >= 4 is 17.4 Å². The number of anilines is 2. The van der Waals surface area contributed by atoms with Gasteiger partial charge in [0.2, 0.25) is 0 Å². The minimum Gasteiger partial charge on any atom is -0.345 e. The van der Waals surface area contributed by atoms with E-state index in [9.17, 15) is 13.6 Å². The predicted molar refractivity (Wildman–Crippen MR) is 91.8 cm³/mol. The monoisotopic (exact) mass is 355 g/mol. The topological polar surface area (TPSA) is 79.8 Å². The van der Waals surface area contributed by atoms with E-state index in [2.05, 4.69) is 25.6 Å². The highest BCUT2D eigenvalue weighted by Gasteiger charge is 2.13. The zero-order chi connectivity index (χ0) is 18.5. The third-order valence-electron chi connectivity index (χ3n) is 3.44. The number of para-hydroxylation sites is 1. The lowest BCUT2D eigenvalue weighted by Gasteiger charge is -2.10. The molecule has 132 valence electrons. The van der Waals surface area contributed by atoms with E-state index in [1.165, 1.54) is 12.1 Å². The Hall–Kier alpha value is -3.42. The normalized spacial score (nSPS) is 10.4. The Kier molecular flexibility index (Phi) is 5.12. The molecular formula is C18H15F2N5O. The number of carbonyl (C=O) groups excluding carboxylic acids is 1. The molecule has 2 N–H and O–H groups in total. The Labute approximate surface area is 148 Å². The average Bonchev–Trinajstić information content (AvgIpc) is 2.63. The van der Waals surface area contributed by atoms with Crippen LogP contribution < -0.4 is 10.6 Å². The number of aryl methyl sites for hydroxylation is 1. The highest BCUT2D eigenvalue weighted by atomic mass is 19.1. The number of hydrogen-bond donors (Lipinski definition) is 2. The van der Waals surface area contributed by atoms with Gasteiger partial charge in [-0.25, -0.2) is 18.7 Å². The highest BCUT2D eigenvalue weighted by molar-refractivity contribution is 5.93. The van der Waals surface area contributed by atoms with Crippen molar-refractivity contribution in [2.45, 2.75) is 13.5 Å². The molecule has 0 spiro atoms. The van der Waals surface area contributed by atoms with Gasteiger partial charge in [0.15, 0.2) is 0 Å². The fraction of sp³-hybridized carbons (Fsp3) is 0.111. The molecule has 0 aliphatic carbocycles. The first kappa shape index (κ1) is 17.4. The molecule has 3 rings (SSSR count). The molecule has 1 amide bonds. The van der Waals surface area contributed by atoms with Crippen molar-refractivity contribution in [3.63, 3.8) is 0 Å². The molecule has 26 heavy (non-hydrogen) atoms. The summed E-state index contributed by atoms with van der Waals surface area (Å²) < 4.78 is 27.5. The van der Waals surface area contributed by atoms with Gasteiger partial charge < -0.3 is 10.6 Å². The quantitative estimate of drug-likeness (QED) is 0.735. The first-order valence-corrected chi connectivity index (χ1v) is 7.78. The Morgan fingerprint density at radius 1 is 1.08 bits per heavy atom. The van der Waals surface area contributed by atoms with Gasteiger partial charge in [-0.2, -0.15) is 0 Å². The Balaban J connectivity index is 1.78. The van der Waals surface area contributed by atoms with E-state index in [-0.39, 0.29) is 29.6 Å². The van der Waals surface area contributed by atoms with Crippen LogP contribution in [0.5, 0.6) is 0 Å². The number of benzene rings is 1. The second kappa shape index (κ2) is 7.64. The van der Waals surface area contributed by atoms with E-state index >= 15 is 0 Å². The molecule has 0 fully saturated rings. The molecule has 0 radical (unpaired) electrons. The number of nitrogens with zero attached hydrogens (tertiary/aromatic N) is 3. The standard InChI is InChI=1S/C18H15F2N5O/c1-11-23-15(18(26)22-10-12-5-2-3-8-21-12)9-16(24-11)25-17-13(19)6-4-7-14(17)20/h2-9H,10H2,1H3,(H,22,26)(H,23,24,25). The second-order valence-electron chi connectivity index (χ2n) is 5.41. The lowest BCUT2D eigenvalue weighted by molar-refractivity contribution is 0.0945. The molecular weight excluding hydrogens is 340 g/mol. The lowest BCUT2D eigenvalue weighted by Crippen LogP contribution is -2.24. The lowest BCUT2D eigenvalue weighted by atomic mass is 10.2. The average molecular weight is 355 g/mol. The first-order chi connectivity index (χ1) is 12.5. The molecule has 0 unspecified atom stereocenters. The number of amides is 1. The van der Waals surface area contributed by atoms with Crippen molar-refractivity contribution in [2.75, 3.05) is 5.32 Å². The van der Waals surface area contributed by atoms with E-state index in [1.807, 2.05) is 6.07 Å². The van der Waals surface area contributed by atoms with E-state index in [4.69, 9.17) is 0 Å². The number of carbonyl (C=O) groups is 1. The van der Waals surface area contributed by atoms with Gasteiger partial charge in [-0.1, -0.05) is 12.1 Å². The number of aromatic nitrogens is 3. The van der Waals surface area contributed by atoms with Crippen LogP contribution in [-0.4, -0.2) is 20.9 Å². The van der Waals surface area contributed by atoms with Crippen molar-refractivity contribution in [3.8, 4) is 0 Å². The molecule has 0 aliphatic heterocycles. The van der Waals surface area contributed by atoms with Gasteiger partial charge in [0.05, 0.1) is 12.2 Å². The second-order valence-corrected chi connectivity index (χ2v) is 5.41. The molecule has 0 bridgehead atoms. The third kappa shape index (κ3) is 4.15. The molecule has 2 heterocycles. The minimum absolute atomic E-state index is 0.0766. The Morgan fingerprint density at radius 2 is 1.85 bits per heavy atom. The molecule has 0 atom stereocenters. The summed E-state index contributed by atoms with van der Waals surface area (Å²) in [5.41, 5.74) is 0.427. The summed E-state index contributed by atoms with van der Waals surface area (Å²) in [6.45, 7) is 1.81. The van der Waals surface area contributed by atoms with Crippen LogP contribution in [0, 0.1) is 18.6 Å². The van der Waals surface area contributed by atoms with E-state index < -0.39 is 17.5 Å². The van der Waals surface area contributed by atoms with E-state index in [1.54, 1.807) is 25.3 Å². The fourth-order valence-corrected chi connectivity index (χ4v) is 2.26. The van der Waals surface area contributed by atoms with Crippen LogP contribution in [0.15, 0.2) is 48.7 Å². The summed E-state index contributed by atoms with van der Waals surface area (Å²) in [4.78, 5) is 24.5. The van der Waals surface area contributed by atoms with Gasteiger partial charge in [0.25, 0.3) is 5.91 Å². The molecule has 3 aromatic rings. The van der Waals surface area contributed by atoms with Crippen LogP contribution in [0.4, 0.5) is 20.3 Å². The van der Waals surface area contributed by atoms with Crippen molar-refractivity contribution in [3.05, 3.63) is 77.5 Å². The summed E-state index contributed by atoms with van der Waals surface area (Å²) in [6.07, 6.45) is 1.63. The largest absolute Gasteiger partial charge is 0.345 e. The molecule has 0 saturated carbocycles. The van der Waals surface area contributed by atoms with E-state index in [0.717, 1.165) is 12.1 Å². The number of hydrogen-bond acceptors (Lipinski definition) is 5. The SMILES string of the molecule is Cc1nc(Nc2c(F)cccc2F)cc(C(=O)NCc2ccccn2)n1. The number of pyridine rings is 1. The third-order valence-corrected chi connectivity index (χ3v) is 3.44. The van der Waals surface area contributed by atoms with Crippen molar-refractivity contribution < 1.29 is 13.6 Å². The Morgan fingerprint density at radius 3 is 2.54 bits per heavy atom. The number of halogens is 2. The maximum Gasteiger partial charge on any atom is 0.270 e. The van der Waals surface area contributed by atoms with Gasteiger partial charge in [0.1, 0.15) is 34.7 Å².